The molecule has 0 aliphatic heterocycles. The first-order valence-electron chi connectivity index (χ1n) is 8.88. The third-order valence-electron chi connectivity index (χ3n) is 4.34. The molecule has 0 unspecified atom stereocenters. The van der Waals surface area contributed by atoms with Gasteiger partial charge in [0.1, 0.15) is 26.2 Å². The maximum Gasteiger partial charge on any atom is 0.295 e. The van der Waals surface area contributed by atoms with Crippen LogP contribution in [0.4, 0.5) is 0 Å². The molecule has 0 saturated heterocycles. The molecule has 0 bridgehead atoms. The third-order valence-corrected chi connectivity index (χ3v) is 7.10. The minimum absolute atomic E-state index is 0.0457. The third kappa shape index (κ3) is 4.85. The van der Waals surface area contributed by atoms with Gasteiger partial charge in [-0.15, -0.1) is 0 Å². The smallest absolute Gasteiger partial charge is 0.295 e. The summed E-state index contributed by atoms with van der Waals surface area (Å²) >= 11 is 0. The van der Waals surface area contributed by atoms with Gasteiger partial charge in [-0.05, 0) is 35.7 Å². The first kappa shape index (κ1) is 22.3. The average Bonchev–Trinajstić information content (AvgIpc) is 2.73. The second-order valence-corrected chi connectivity index (χ2v) is 9.67. The monoisotopic (exact) mass is 458 g/mol. The first-order valence-corrected chi connectivity index (χ1v) is 11.8. The number of phenolic OH excluding ortho intramolecular Hbond substituents is 2. The van der Waals surface area contributed by atoms with Gasteiger partial charge in [0.2, 0.25) is 9.84 Å². The van der Waals surface area contributed by atoms with Crippen molar-refractivity contribution in [1.82, 2.24) is 0 Å². The summed E-state index contributed by atoms with van der Waals surface area (Å²) in [5.41, 5.74) is 0. The van der Waals surface area contributed by atoms with Crippen molar-refractivity contribution in [3.63, 3.8) is 0 Å². The van der Waals surface area contributed by atoms with E-state index in [1.165, 1.54) is 54.6 Å². The molecule has 0 amide bonds. The van der Waals surface area contributed by atoms with Gasteiger partial charge in [-0.2, -0.15) is 8.42 Å². The van der Waals surface area contributed by atoms with Gasteiger partial charge in [0.05, 0.1) is 0 Å². The molecule has 0 aromatic heterocycles. The van der Waals surface area contributed by atoms with Gasteiger partial charge in [0, 0.05) is 5.39 Å². The van der Waals surface area contributed by atoms with Crippen LogP contribution in [-0.2, 0) is 20.0 Å². The van der Waals surface area contributed by atoms with Crippen LogP contribution in [0.3, 0.4) is 0 Å². The molecule has 0 spiro atoms. The summed E-state index contributed by atoms with van der Waals surface area (Å²) in [5, 5.41) is 20.4. The number of para-hydroxylation sites is 2. The number of benzene rings is 4. The Morgan fingerprint density at radius 1 is 0.516 bits per heavy atom. The van der Waals surface area contributed by atoms with E-state index in [2.05, 4.69) is 0 Å². The van der Waals surface area contributed by atoms with E-state index in [1.807, 2.05) is 6.07 Å². The first-order chi connectivity index (χ1) is 14.6. The zero-order chi connectivity index (χ0) is 22.6. The van der Waals surface area contributed by atoms with Crippen LogP contribution in [0.15, 0.2) is 106 Å². The molecule has 0 saturated carbocycles. The molecule has 0 fully saturated rings. The average molecular weight is 459 g/mol. The Balaban J connectivity index is 0.000000179. The lowest BCUT2D eigenvalue weighted by Crippen LogP contribution is -2.02. The quantitative estimate of drug-likeness (QED) is 0.396. The van der Waals surface area contributed by atoms with E-state index in [4.69, 9.17) is 4.55 Å². The van der Waals surface area contributed by atoms with Crippen molar-refractivity contribution in [3.05, 3.63) is 91.0 Å². The van der Waals surface area contributed by atoms with E-state index < -0.39 is 20.0 Å². The van der Waals surface area contributed by atoms with Crippen LogP contribution in [0.25, 0.3) is 10.8 Å². The molecule has 31 heavy (non-hydrogen) atoms. The lowest BCUT2D eigenvalue weighted by atomic mass is 10.1. The molecule has 4 aromatic rings. The van der Waals surface area contributed by atoms with Gasteiger partial charge in [-0.3, -0.25) is 4.55 Å². The second kappa shape index (κ2) is 8.76. The van der Waals surface area contributed by atoms with E-state index in [1.54, 1.807) is 30.3 Å². The molecular formula is C22H18O7S2. The predicted molar refractivity (Wildman–Crippen MR) is 115 cm³/mol. The van der Waals surface area contributed by atoms with Crippen LogP contribution in [-0.4, -0.2) is 31.6 Å². The van der Waals surface area contributed by atoms with Gasteiger partial charge < -0.3 is 10.2 Å². The minimum atomic E-state index is -4.13. The summed E-state index contributed by atoms with van der Waals surface area (Å²) in [6.07, 6.45) is 0. The van der Waals surface area contributed by atoms with Crippen LogP contribution >= 0.6 is 0 Å². The molecule has 0 aliphatic rings. The van der Waals surface area contributed by atoms with E-state index in [0.717, 1.165) is 5.39 Å². The molecule has 7 nitrogen and oxygen atoms in total. The van der Waals surface area contributed by atoms with Gasteiger partial charge in [0.25, 0.3) is 10.1 Å². The van der Waals surface area contributed by atoms with Crippen LogP contribution < -0.4 is 0 Å². The van der Waals surface area contributed by atoms with Crippen molar-refractivity contribution >= 4 is 30.7 Å². The predicted octanol–water partition coefficient (Wildman–Crippen LogP) is 4.02. The molecule has 4 rings (SSSR count). The number of sulfone groups is 1. The lowest BCUT2D eigenvalue weighted by molar-refractivity contribution is 0.453. The fourth-order valence-corrected chi connectivity index (χ4v) is 5.06. The highest BCUT2D eigenvalue weighted by molar-refractivity contribution is 7.91. The van der Waals surface area contributed by atoms with Gasteiger partial charge in [-0.1, -0.05) is 60.7 Å². The van der Waals surface area contributed by atoms with Crippen molar-refractivity contribution in [2.24, 2.45) is 0 Å². The van der Waals surface area contributed by atoms with Crippen LogP contribution in [0.5, 0.6) is 11.5 Å². The lowest BCUT2D eigenvalue weighted by Gasteiger charge is -2.07. The fourth-order valence-electron chi connectivity index (χ4n) is 2.91. The summed E-state index contributed by atoms with van der Waals surface area (Å²) in [6, 6.07) is 23.0. The van der Waals surface area contributed by atoms with Crippen molar-refractivity contribution in [1.29, 1.82) is 0 Å². The van der Waals surface area contributed by atoms with Gasteiger partial charge in [-0.25, -0.2) is 8.42 Å². The molecular weight excluding hydrogens is 440 g/mol. The van der Waals surface area contributed by atoms with Crippen molar-refractivity contribution < 1.29 is 31.6 Å². The molecule has 0 heterocycles. The highest BCUT2D eigenvalue weighted by Crippen LogP contribution is 2.32. The van der Waals surface area contributed by atoms with E-state index in [9.17, 15) is 27.0 Å². The summed E-state index contributed by atoms with van der Waals surface area (Å²) in [4.78, 5) is -0.487. The van der Waals surface area contributed by atoms with Gasteiger partial charge >= 0.3 is 0 Å². The maximum atomic E-state index is 12.2. The minimum Gasteiger partial charge on any atom is -0.507 e. The van der Waals surface area contributed by atoms with E-state index in [-0.39, 0.29) is 26.2 Å². The molecule has 0 aliphatic carbocycles. The Labute approximate surface area is 179 Å². The number of phenols is 2. The van der Waals surface area contributed by atoms with Crippen LogP contribution in [0.1, 0.15) is 0 Å². The topological polar surface area (TPSA) is 129 Å². The second-order valence-electron chi connectivity index (χ2n) is 6.39. The standard InChI is InChI=1S/C12H10O4S.C10H8O3S/c13-9-5-1-3-7-11(9)17(15,16)12-8-4-2-6-10(12)14;11-14(12,13)10-7-3-5-8-4-1-2-6-9(8)10/h1-8,13-14H;1-7H,(H,11,12,13). The largest absolute Gasteiger partial charge is 0.507 e. The highest BCUT2D eigenvalue weighted by Gasteiger charge is 2.23. The molecule has 0 radical (unpaired) electrons. The van der Waals surface area contributed by atoms with Crippen LogP contribution in [0, 0.1) is 0 Å². The number of hydrogen-bond donors (Lipinski definition) is 3. The number of rotatable bonds is 3. The normalized spacial score (nSPS) is 11.5. The highest BCUT2D eigenvalue weighted by atomic mass is 32.2. The molecule has 0 atom stereocenters. The number of aromatic hydroxyl groups is 2. The summed E-state index contributed by atoms with van der Waals surface area (Å²) in [6.45, 7) is 0. The zero-order valence-electron chi connectivity index (χ0n) is 16.0. The summed E-state index contributed by atoms with van der Waals surface area (Å²) < 4.78 is 55.3. The number of fused-ring (bicyclic) bond motifs is 1. The Morgan fingerprint density at radius 2 is 0.935 bits per heavy atom. The van der Waals surface area contributed by atoms with Crippen molar-refractivity contribution in [2.45, 2.75) is 14.7 Å². The molecule has 4 aromatic carbocycles. The van der Waals surface area contributed by atoms with Gasteiger partial charge in [0.15, 0.2) is 0 Å². The Kier molecular flexibility index (Phi) is 6.30. The van der Waals surface area contributed by atoms with E-state index >= 15 is 0 Å². The van der Waals surface area contributed by atoms with Crippen molar-refractivity contribution in [3.8, 4) is 11.5 Å². The Bertz CT molecular complexity index is 1390. The molecule has 3 N–H and O–H groups in total. The van der Waals surface area contributed by atoms with Crippen LogP contribution in [0.2, 0.25) is 0 Å². The number of hydrogen-bond acceptors (Lipinski definition) is 6. The Hall–Kier alpha value is -3.40. The van der Waals surface area contributed by atoms with Crippen molar-refractivity contribution in [2.75, 3.05) is 0 Å². The SMILES string of the molecule is O=S(=O)(O)c1cccc2ccccc12.O=S(=O)(c1ccccc1O)c1ccccc1O. The maximum absolute atomic E-state index is 12.2. The van der Waals surface area contributed by atoms with E-state index in [0.29, 0.717) is 5.39 Å². The molecule has 9 heteroatoms. The summed E-state index contributed by atoms with van der Waals surface area (Å²) in [5.74, 6) is -0.675. The zero-order valence-corrected chi connectivity index (χ0v) is 17.6. The fraction of sp³-hybridized carbons (Fsp3) is 0. The Morgan fingerprint density at radius 3 is 1.45 bits per heavy atom. The summed E-state index contributed by atoms with van der Waals surface area (Å²) in [7, 11) is -8.03. The molecule has 160 valence electrons.